The van der Waals surface area contributed by atoms with Crippen LogP contribution in [-0.4, -0.2) is 27.4 Å². The fourth-order valence-corrected chi connectivity index (χ4v) is 2.48. The van der Waals surface area contributed by atoms with Gasteiger partial charge in [-0.2, -0.15) is 0 Å². The number of unbranched alkanes of at least 4 members (excludes halogenated alkanes) is 1. The second-order valence-corrected chi connectivity index (χ2v) is 5.52. The zero-order valence-corrected chi connectivity index (χ0v) is 13.8. The van der Waals surface area contributed by atoms with Crippen LogP contribution in [0.3, 0.4) is 0 Å². The van der Waals surface area contributed by atoms with Crippen molar-refractivity contribution in [1.82, 2.24) is 14.4 Å². The molecule has 24 heavy (non-hydrogen) atoms. The molecule has 0 unspecified atom stereocenters. The van der Waals surface area contributed by atoms with Crippen LogP contribution in [0, 0.1) is 0 Å². The molecule has 6 heteroatoms. The largest absolute Gasteiger partial charge is 0.495 e. The Morgan fingerprint density at radius 2 is 2.25 bits per heavy atom. The molecule has 0 atom stereocenters. The average Bonchev–Trinajstić information content (AvgIpc) is 3.04. The Morgan fingerprint density at radius 3 is 3.00 bits per heavy atom. The number of amides is 1. The van der Waals surface area contributed by atoms with Gasteiger partial charge in [0.1, 0.15) is 5.75 Å². The summed E-state index contributed by atoms with van der Waals surface area (Å²) in [6.07, 6.45) is 7.87. The second kappa shape index (κ2) is 7.12. The molecule has 6 nitrogen and oxygen atoms in total. The van der Waals surface area contributed by atoms with Gasteiger partial charge in [0.2, 0.25) is 11.7 Å². The summed E-state index contributed by atoms with van der Waals surface area (Å²) in [6, 6.07) is 7.49. The minimum absolute atomic E-state index is 0.0102. The Balaban J connectivity index is 1.91. The van der Waals surface area contributed by atoms with Crippen molar-refractivity contribution < 1.29 is 9.53 Å². The Kier molecular flexibility index (Phi) is 4.74. The first-order valence-electron chi connectivity index (χ1n) is 7.99. The lowest BCUT2D eigenvalue weighted by atomic mass is 10.1. The molecule has 1 amide bonds. The zero-order chi connectivity index (χ0) is 16.9. The number of benzene rings is 1. The normalized spacial score (nSPS) is 10.8. The van der Waals surface area contributed by atoms with E-state index in [2.05, 4.69) is 22.2 Å². The molecule has 0 radical (unpaired) electrons. The van der Waals surface area contributed by atoms with Gasteiger partial charge in [-0.1, -0.05) is 13.3 Å². The number of hydrogen-bond donors (Lipinski definition) is 1. The minimum atomic E-state index is -0.0102. The number of carbonyl (C=O) groups is 1. The Hall–Kier alpha value is -2.89. The molecule has 2 aromatic heterocycles. The molecule has 1 aromatic carbocycles. The van der Waals surface area contributed by atoms with Gasteiger partial charge in [-0.05, 0) is 30.7 Å². The summed E-state index contributed by atoms with van der Waals surface area (Å²) in [5, 5.41) is 2.93. The number of aromatic nitrogens is 3. The summed E-state index contributed by atoms with van der Waals surface area (Å²) in [5.41, 5.74) is 2.34. The summed E-state index contributed by atoms with van der Waals surface area (Å²) in [5.74, 6) is 1.26. The van der Waals surface area contributed by atoms with Gasteiger partial charge in [0.25, 0.3) is 0 Å². The second-order valence-electron chi connectivity index (χ2n) is 5.52. The molecule has 1 N–H and O–H groups in total. The van der Waals surface area contributed by atoms with Crippen LogP contribution < -0.4 is 10.1 Å². The summed E-state index contributed by atoms with van der Waals surface area (Å²) in [4.78, 5) is 20.8. The topological polar surface area (TPSA) is 68.5 Å². The van der Waals surface area contributed by atoms with Gasteiger partial charge in [-0.25, -0.2) is 9.97 Å². The van der Waals surface area contributed by atoms with Gasteiger partial charge >= 0.3 is 0 Å². The van der Waals surface area contributed by atoms with Crippen molar-refractivity contribution in [3.63, 3.8) is 0 Å². The number of carbonyl (C=O) groups excluding carboxylic acids is 1. The van der Waals surface area contributed by atoms with Crippen molar-refractivity contribution in [2.75, 3.05) is 12.4 Å². The standard InChI is InChI=1S/C18H20N4O2/c1-3-4-6-17(23)20-14-11-13(7-8-16(14)24-2)15-12-22-10-5-9-19-18(22)21-15/h5,7-12H,3-4,6H2,1-2H3,(H,20,23). The lowest BCUT2D eigenvalue weighted by Gasteiger charge is -2.11. The minimum Gasteiger partial charge on any atom is -0.495 e. The third kappa shape index (κ3) is 3.37. The molecular formula is C18H20N4O2. The molecule has 0 aliphatic carbocycles. The highest BCUT2D eigenvalue weighted by molar-refractivity contribution is 5.93. The van der Waals surface area contributed by atoms with Crippen LogP contribution >= 0.6 is 0 Å². The molecule has 3 rings (SSSR count). The predicted octanol–water partition coefficient (Wildman–Crippen LogP) is 3.53. The molecule has 0 saturated heterocycles. The molecule has 0 saturated carbocycles. The average molecular weight is 324 g/mol. The fraction of sp³-hybridized carbons (Fsp3) is 0.278. The number of fused-ring (bicyclic) bond motifs is 1. The van der Waals surface area contributed by atoms with E-state index in [-0.39, 0.29) is 5.91 Å². The van der Waals surface area contributed by atoms with Crippen molar-refractivity contribution in [2.24, 2.45) is 0 Å². The number of hydrogen-bond acceptors (Lipinski definition) is 4. The first-order chi connectivity index (χ1) is 11.7. The highest BCUT2D eigenvalue weighted by Crippen LogP contribution is 2.30. The lowest BCUT2D eigenvalue weighted by Crippen LogP contribution is -2.11. The van der Waals surface area contributed by atoms with Crippen LogP contribution in [0.25, 0.3) is 17.0 Å². The quantitative estimate of drug-likeness (QED) is 0.753. The molecule has 0 aliphatic heterocycles. The van der Waals surface area contributed by atoms with E-state index in [4.69, 9.17) is 4.74 Å². The lowest BCUT2D eigenvalue weighted by molar-refractivity contribution is -0.116. The van der Waals surface area contributed by atoms with E-state index >= 15 is 0 Å². The van der Waals surface area contributed by atoms with E-state index in [1.807, 2.05) is 41.1 Å². The summed E-state index contributed by atoms with van der Waals surface area (Å²) in [7, 11) is 1.59. The molecule has 0 aliphatic rings. The van der Waals surface area contributed by atoms with Gasteiger partial charge in [-0.15, -0.1) is 0 Å². The third-order valence-electron chi connectivity index (χ3n) is 3.76. The zero-order valence-electron chi connectivity index (χ0n) is 13.8. The van der Waals surface area contributed by atoms with Crippen LogP contribution in [0.4, 0.5) is 5.69 Å². The SMILES string of the molecule is CCCCC(=O)Nc1cc(-c2cn3cccnc3n2)ccc1OC. The monoisotopic (exact) mass is 324 g/mol. The predicted molar refractivity (Wildman–Crippen MR) is 93.1 cm³/mol. The van der Waals surface area contributed by atoms with E-state index in [1.54, 1.807) is 13.3 Å². The van der Waals surface area contributed by atoms with E-state index in [1.165, 1.54) is 0 Å². The Labute approximate surface area is 140 Å². The number of methoxy groups -OCH3 is 1. The molecule has 2 heterocycles. The summed E-state index contributed by atoms with van der Waals surface area (Å²) in [6.45, 7) is 2.06. The number of rotatable bonds is 6. The van der Waals surface area contributed by atoms with Crippen molar-refractivity contribution in [1.29, 1.82) is 0 Å². The van der Waals surface area contributed by atoms with Gasteiger partial charge in [0, 0.05) is 30.6 Å². The highest BCUT2D eigenvalue weighted by atomic mass is 16.5. The Bertz CT molecular complexity index is 824. The smallest absolute Gasteiger partial charge is 0.234 e. The maximum Gasteiger partial charge on any atom is 0.234 e. The fourth-order valence-electron chi connectivity index (χ4n) is 2.48. The number of ether oxygens (including phenoxy) is 1. The summed E-state index contributed by atoms with van der Waals surface area (Å²) < 4.78 is 7.21. The Morgan fingerprint density at radius 1 is 1.38 bits per heavy atom. The highest BCUT2D eigenvalue weighted by Gasteiger charge is 2.11. The number of anilines is 1. The van der Waals surface area contributed by atoms with E-state index in [9.17, 15) is 4.79 Å². The molecule has 0 fully saturated rings. The van der Waals surface area contributed by atoms with Crippen LogP contribution in [0.1, 0.15) is 26.2 Å². The van der Waals surface area contributed by atoms with Crippen LogP contribution in [0.2, 0.25) is 0 Å². The molecular weight excluding hydrogens is 304 g/mol. The van der Waals surface area contributed by atoms with Gasteiger partial charge in [0.05, 0.1) is 18.5 Å². The van der Waals surface area contributed by atoms with Crippen molar-refractivity contribution in [3.05, 3.63) is 42.9 Å². The molecule has 124 valence electrons. The molecule has 0 spiro atoms. The molecule has 0 bridgehead atoms. The first kappa shape index (κ1) is 16.0. The van der Waals surface area contributed by atoms with E-state index in [0.717, 1.165) is 24.1 Å². The summed E-state index contributed by atoms with van der Waals surface area (Å²) >= 11 is 0. The van der Waals surface area contributed by atoms with Gasteiger partial charge in [-0.3, -0.25) is 9.20 Å². The van der Waals surface area contributed by atoms with Gasteiger partial charge in [0.15, 0.2) is 0 Å². The van der Waals surface area contributed by atoms with Crippen molar-refractivity contribution in [2.45, 2.75) is 26.2 Å². The number of nitrogens with zero attached hydrogens (tertiary/aromatic N) is 3. The third-order valence-corrected chi connectivity index (χ3v) is 3.76. The van der Waals surface area contributed by atoms with Crippen LogP contribution in [0.5, 0.6) is 5.75 Å². The maximum atomic E-state index is 12.0. The van der Waals surface area contributed by atoms with Crippen molar-refractivity contribution in [3.8, 4) is 17.0 Å². The van der Waals surface area contributed by atoms with E-state index in [0.29, 0.717) is 23.6 Å². The number of imidazole rings is 1. The van der Waals surface area contributed by atoms with Crippen molar-refractivity contribution >= 4 is 17.4 Å². The number of nitrogens with one attached hydrogen (secondary N) is 1. The molecule has 3 aromatic rings. The van der Waals surface area contributed by atoms with Gasteiger partial charge < -0.3 is 10.1 Å². The van der Waals surface area contributed by atoms with Crippen LogP contribution in [0.15, 0.2) is 42.9 Å². The first-order valence-corrected chi connectivity index (χ1v) is 7.99. The van der Waals surface area contributed by atoms with E-state index < -0.39 is 0 Å². The maximum absolute atomic E-state index is 12.0. The van der Waals surface area contributed by atoms with Crippen LogP contribution in [-0.2, 0) is 4.79 Å².